The SMILES string of the molecule is Cc1ccc2c(c1)C1C(c3ccccc3C1C(C)(C)C1CCC(CCCCCCOC(C)(C)C)C1)N2S(C)(C)C. The molecular formula is C37H57NOS. The van der Waals surface area contributed by atoms with Crippen molar-refractivity contribution in [2.75, 3.05) is 29.7 Å². The van der Waals surface area contributed by atoms with E-state index in [1.54, 1.807) is 16.7 Å². The average molecular weight is 564 g/mol. The lowest BCUT2D eigenvalue weighted by Gasteiger charge is -2.44. The van der Waals surface area contributed by atoms with Crippen molar-refractivity contribution in [3.8, 4) is 0 Å². The Morgan fingerprint density at radius 2 is 1.55 bits per heavy atom. The fourth-order valence-corrected chi connectivity index (χ4v) is 10.3. The van der Waals surface area contributed by atoms with Crippen LogP contribution in [0.3, 0.4) is 0 Å². The van der Waals surface area contributed by atoms with Crippen LogP contribution in [-0.4, -0.2) is 31.0 Å². The number of hydrogen-bond donors (Lipinski definition) is 0. The lowest BCUT2D eigenvalue weighted by molar-refractivity contribution is -0.00476. The summed E-state index contributed by atoms with van der Waals surface area (Å²) in [4.78, 5) is 0. The largest absolute Gasteiger partial charge is 0.376 e. The quantitative estimate of drug-likeness (QED) is 0.267. The highest BCUT2D eigenvalue weighted by molar-refractivity contribution is 8.33. The van der Waals surface area contributed by atoms with E-state index in [4.69, 9.17) is 4.74 Å². The summed E-state index contributed by atoms with van der Waals surface area (Å²) in [7, 11) is -0.923. The van der Waals surface area contributed by atoms with Gasteiger partial charge < -0.3 is 9.04 Å². The van der Waals surface area contributed by atoms with Gasteiger partial charge in [0.05, 0.1) is 11.6 Å². The second-order valence-corrected chi connectivity index (χ2v) is 19.5. The molecule has 0 amide bonds. The summed E-state index contributed by atoms with van der Waals surface area (Å²) in [6.45, 7) is 14.9. The Kier molecular flexibility index (Phi) is 8.50. The third-order valence-corrected chi connectivity index (χ3v) is 12.0. The number of unbranched alkanes of at least 4 members (excludes halogenated alkanes) is 3. The van der Waals surface area contributed by atoms with Gasteiger partial charge in [0.2, 0.25) is 0 Å². The lowest BCUT2D eigenvalue weighted by Crippen LogP contribution is -2.33. The Morgan fingerprint density at radius 1 is 0.850 bits per heavy atom. The molecule has 2 aliphatic carbocycles. The molecule has 3 heteroatoms. The van der Waals surface area contributed by atoms with E-state index < -0.39 is 10.2 Å². The number of ether oxygens (including phenoxy) is 1. The summed E-state index contributed by atoms with van der Waals surface area (Å²) in [5.74, 6) is 2.85. The summed E-state index contributed by atoms with van der Waals surface area (Å²) in [5.41, 5.74) is 8.05. The van der Waals surface area contributed by atoms with Crippen LogP contribution in [0, 0.1) is 24.2 Å². The first-order chi connectivity index (χ1) is 18.8. The van der Waals surface area contributed by atoms with Crippen molar-refractivity contribution < 1.29 is 4.74 Å². The number of aryl methyl sites for hydroxylation is 1. The van der Waals surface area contributed by atoms with Crippen molar-refractivity contribution in [3.63, 3.8) is 0 Å². The normalized spacial score (nSPS) is 26.6. The summed E-state index contributed by atoms with van der Waals surface area (Å²) >= 11 is 0. The fraction of sp³-hybridized carbons (Fsp3) is 0.676. The molecule has 40 heavy (non-hydrogen) atoms. The molecule has 5 atom stereocenters. The Morgan fingerprint density at radius 3 is 2.25 bits per heavy atom. The van der Waals surface area contributed by atoms with Gasteiger partial charge in [-0.15, -0.1) is 0 Å². The average Bonchev–Trinajstić information content (AvgIpc) is 3.55. The van der Waals surface area contributed by atoms with Gasteiger partial charge in [-0.1, -0.05) is 87.9 Å². The molecule has 1 aliphatic heterocycles. The molecule has 0 radical (unpaired) electrons. The van der Waals surface area contributed by atoms with Gasteiger partial charge in [-0.2, -0.15) is 10.2 Å². The highest BCUT2D eigenvalue weighted by Crippen LogP contribution is 2.71. The van der Waals surface area contributed by atoms with Gasteiger partial charge in [-0.05, 0) is 112 Å². The molecule has 3 aliphatic rings. The van der Waals surface area contributed by atoms with Gasteiger partial charge in [0.15, 0.2) is 0 Å². The minimum absolute atomic E-state index is 0.00287. The van der Waals surface area contributed by atoms with Gasteiger partial charge >= 0.3 is 0 Å². The molecule has 0 aromatic heterocycles. The number of nitrogens with zero attached hydrogens (tertiary/aromatic N) is 1. The Hall–Kier alpha value is -1.45. The molecule has 5 unspecified atom stereocenters. The van der Waals surface area contributed by atoms with E-state index >= 15 is 0 Å². The molecule has 0 bridgehead atoms. The van der Waals surface area contributed by atoms with E-state index in [0.29, 0.717) is 17.9 Å². The van der Waals surface area contributed by atoms with E-state index in [1.165, 1.54) is 62.6 Å². The van der Waals surface area contributed by atoms with Gasteiger partial charge in [0.25, 0.3) is 0 Å². The molecule has 2 aromatic carbocycles. The Bertz CT molecular complexity index is 1170. The molecule has 0 saturated heterocycles. The molecule has 1 heterocycles. The topological polar surface area (TPSA) is 12.5 Å². The van der Waals surface area contributed by atoms with Crippen LogP contribution in [0.15, 0.2) is 42.5 Å². The molecule has 1 fully saturated rings. The van der Waals surface area contributed by atoms with Gasteiger partial charge in [-0.3, -0.25) is 0 Å². The second-order valence-electron chi connectivity index (χ2n) is 15.6. The molecule has 2 aromatic rings. The van der Waals surface area contributed by atoms with E-state index in [9.17, 15) is 0 Å². The predicted octanol–water partition coefficient (Wildman–Crippen LogP) is 10.6. The predicted molar refractivity (Wildman–Crippen MR) is 177 cm³/mol. The fourth-order valence-electron chi connectivity index (χ4n) is 8.58. The van der Waals surface area contributed by atoms with Crippen molar-refractivity contribution in [2.45, 2.75) is 116 Å². The van der Waals surface area contributed by atoms with Crippen LogP contribution < -0.4 is 4.31 Å². The molecule has 5 rings (SSSR count). The van der Waals surface area contributed by atoms with Gasteiger partial charge in [0.1, 0.15) is 0 Å². The third kappa shape index (κ3) is 5.89. The molecule has 0 N–H and O–H groups in total. The number of anilines is 1. The summed E-state index contributed by atoms with van der Waals surface area (Å²) < 4.78 is 8.77. The van der Waals surface area contributed by atoms with Crippen LogP contribution in [0.2, 0.25) is 0 Å². The molecule has 2 nitrogen and oxygen atoms in total. The summed E-state index contributed by atoms with van der Waals surface area (Å²) in [6, 6.07) is 17.3. The van der Waals surface area contributed by atoms with Crippen molar-refractivity contribution in [1.82, 2.24) is 0 Å². The number of benzene rings is 2. The van der Waals surface area contributed by atoms with Crippen LogP contribution in [-0.2, 0) is 4.74 Å². The van der Waals surface area contributed by atoms with Crippen molar-refractivity contribution >= 4 is 15.9 Å². The third-order valence-electron chi connectivity index (χ3n) is 10.4. The van der Waals surface area contributed by atoms with E-state index in [-0.39, 0.29) is 11.0 Å². The monoisotopic (exact) mass is 563 g/mol. The van der Waals surface area contributed by atoms with Gasteiger partial charge in [0, 0.05) is 18.2 Å². The summed E-state index contributed by atoms with van der Waals surface area (Å²) in [5, 5.41) is 0. The van der Waals surface area contributed by atoms with Crippen LogP contribution in [0.25, 0.3) is 0 Å². The van der Waals surface area contributed by atoms with E-state index in [1.807, 2.05) is 0 Å². The molecule has 0 spiro atoms. The standard InChI is InChI=1S/C37H57NOS/c1-26-19-22-32-31(24-26)33-34(29-17-13-14-18-30(29)35(33)38(32)40(7,8)9)37(5,6)28-21-20-27(25-28)16-12-10-11-15-23-39-36(2,3)4/h13-14,17-19,22,24,27-28,33-35H,10-12,15-16,20-21,23,25H2,1-9H3. The maximum atomic E-state index is 5.92. The Balaban J connectivity index is 1.31. The lowest BCUT2D eigenvalue weighted by atomic mass is 9.62. The number of hydrogen-bond acceptors (Lipinski definition) is 2. The molecule has 1 saturated carbocycles. The summed E-state index contributed by atoms with van der Waals surface area (Å²) in [6.07, 6.45) is 18.4. The Labute approximate surface area is 248 Å². The zero-order chi connectivity index (χ0) is 28.9. The van der Waals surface area contributed by atoms with Gasteiger partial charge in [-0.25, -0.2) is 0 Å². The van der Waals surface area contributed by atoms with Crippen LogP contribution in [0.5, 0.6) is 0 Å². The first-order valence-corrected chi connectivity index (χ1v) is 18.9. The zero-order valence-corrected chi connectivity index (χ0v) is 27.9. The minimum Gasteiger partial charge on any atom is -0.376 e. The minimum atomic E-state index is -0.923. The van der Waals surface area contributed by atoms with Crippen LogP contribution >= 0.6 is 10.2 Å². The second kappa shape index (κ2) is 11.3. The maximum Gasteiger partial charge on any atom is 0.0717 e. The first kappa shape index (κ1) is 30.0. The smallest absolute Gasteiger partial charge is 0.0717 e. The molecular weight excluding hydrogens is 506 g/mol. The molecule has 222 valence electrons. The zero-order valence-electron chi connectivity index (χ0n) is 27.1. The van der Waals surface area contributed by atoms with Crippen LogP contribution in [0.4, 0.5) is 5.69 Å². The van der Waals surface area contributed by atoms with E-state index in [0.717, 1.165) is 18.4 Å². The highest BCUT2D eigenvalue weighted by Gasteiger charge is 2.57. The van der Waals surface area contributed by atoms with Crippen molar-refractivity contribution in [3.05, 3.63) is 64.7 Å². The number of rotatable bonds is 10. The highest BCUT2D eigenvalue weighted by atomic mass is 32.3. The number of fused-ring (bicyclic) bond motifs is 5. The van der Waals surface area contributed by atoms with Crippen LogP contribution in [0.1, 0.15) is 126 Å². The van der Waals surface area contributed by atoms with Crippen molar-refractivity contribution in [2.24, 2.45) is 17.3 Å². The van der Waals surface area contributed by atoms with E-state index in [2.05, 4.69) is 107 Å². The van der Waals surface area contributed by atoms with Crippen molar-refractivity contribution in [1.29, 1.82) is 0 Å². The maximum absolute atomic E-state index is 5.92. The first-order valence-electron chi connectivity index (χ1n) is 16.1.